The number of carbonyl (C=O) groups excluding carboxylic acids is 2. The topological polar surface area (TPSA) is 58.6 Å². The summed E-state index contributed by atoms with van der Waals surface area (Å²) in [6.07, 6.45) is 0. The van der Waals surface area contributed by atoms with Gasteiger partial charge in [-0.3, -0.25) is 9.59 Å². The van der Waals surface area contributed by atoms with E-state index in [1.165, 1.54) is 0 Å². The van der Waals surface area contributed by atoms with Crippen molar-refractivity contribution >= 4 is 23.2 Å². The minimum absolute atomic E-state index is 0.0514. The number of benzene rings is 2. The smallest absolute Gasteiger partial charge is 0.265 e. The zero-order valence-electron chi connectivity index (χ0n) is 13.1. The van der Waals surface area contributed by atoms with E-state index >= 15 is 0 Å². The summed E-state index contributed by atoms with van der Waals surface area (Å²) in [5.41, 5.74) is 2.94. The largest absolute Gasteiger partial charge is 0.482 e. The molecule has 5 heteroatoms. The molecule has 0 aromatic heterocycles. The van der Waals surface area contributed by atoms with E-state index in [0.717, 1.165) is 5.56 Å². The molecule has 0 radical (unpaired) electrons. The number of ether oxygens (including phenoxy) is 1. The number of likely N-dealkylation sites (N-methyl/N-ethyl adjacent to an activating group) is 1. The van der Waals surface area contributed by atoms with E-state index in [4.69, 9.17) is 4.74 Å². The number of amides is 2. The molecule has 1 heterocycles. The maximum Gasteiger partial charge on any atom is 0.265 e. The van der Waals surface area contributed by atoms with E-state index in [1.807, 2.05) is 32.0 Å². The summed E-state index contributed by atoms with van der Waals surface area (Å²) >= 11 is 0. The quantitative estimate of drug-likeness (QED) is 0.948. The third-order valence-corrected chi connectivity index (χ3v) is 3.76. The highest BCUT2D eigenvalue weighted by Crippen LogP contribution is 2.34. The van der Waals surface area contributed by atoms with Gasteiger partial charge in [0.05, 0.1) is 5.69 Å². The Morgan fingerprint density at radius 1 is 1.26 bits per heavy atom. The van der Waals surface area contributed by atoms with Gasteiger partial charge in [-0.1, -0.05) is 17.7 Å². The highest BCUT2D eigenvalue weighted by molar-refractivity contribution is 6.05. The molecule has 0 unspecified atom stereocenters. The van der Waals surface area contributed by atoms with Crippen molar-refractivity contribution in [3.05, 3.63) is 53.6 Å². The van der Waals surface area contributed by atoms with Crippen LogP contribution in [0.2, 0.25) is 0 Å². The van der Waals surface area contributed by atoms with Gasteiger partial charge in [0.15, 0.2) is 6.61 Å². The molecule has 0 saturated heterocycles. The zero-order valence-corrected chi connectivity index (χ0v) is 13.1. The van der Waals surface area contributed by atoms with E-state index < -0.39 is 0 Å². The van der Waals surface area contributed by atoms with Gasteiger partial charge in [-0.15, -0.1) is 0 Å². The summed E-state index contributed by atoms with van der Waals surface area (Å²) in [4.78, 5) is 25.9. The van der Waals surface area contributed by atoms with Gasteiger partial charge in [0, 0.05) is 17.8 Å². The van der Waals surface area contributed by atoms with Crippen LogP contribution < -0.4 is 15.0 Å². The molecular formula is C18H18N2O3. The lowest BCUT2D eigenvalue weighted by atomic mass is 10.1. The van der Waals surface area contributed by atoms with E-state index in [0.29, 0.717) is 29.2 Å². The number of rotatable bonds is 3. The average Bonchev–Trinajstić information content (AvgIpc) is 2.54. The van der Waals surface area contributed by atoms with Crippen LogP contribution in [0.15, 0.2) is 42.5 Å². The molecular weight excluding hydrogens is 292 g/mol. The second-order valence-corrected chi connectivity index (χ2v) is 5.43. The number of hydrogen-bond acceptors (Lipinski definition) is 3. The fourth-order valence-electron chi connectivity index (χ4n) is 2.62. The van der Waals surface area contributed by atoms with Gasteiger partial charge in [0.1, 0.15) is 5.75 Å². The Balaban J connectivity index is 1.86. The van der Waals surface area contributed by atoms with Crippen molar-refractivity contribution in [3.8, 4) is 5.75 Å². The van der Waals surface area contributed by atoms with Crippen molar-refractivity contribution in [2.45, 2.75) is 13.8 Å². The molecule has 5 nitrogen and oxygen atoms in total. The second-order valence-electron chi connectivity index (χ2n) is 5.43. The number of nitrogens with zero attached hydrogens (tertiary/aromatic N) is 1. The molecule has 2 amide bonds. The Bertz CT molecular complexity index is 771. The van der Waals surface area contributed by atoms with Crippen molar-refractivity contribution in [1.82, 2.24) is 0 Å². The Kier molecular flexibility index (Phi) is 4.02. The lowest BCUT2D eigenvalue weighted by Gasteiger charge is -2.28. The van der Waals surface area contributed by atoms with Crippen molar-refractivity contribution in [2.75, 3.05) is 23.4 Å². The molecule has 0 aliphatic carbocycles. The van der Waals surface area contributed by atoms with Crippen molar-refractivity contribution < 1.29 is 14.3 Å². The molecule has 2 aromatic rings. The summed E-state index contributed by atoms with van der Waals surface area (Å²) in [5, 5.41) is 2.86. The number of fused-ring (bicyclic) bond motifs is 1. The van der Waals surface area contributed by atoms with Crippen LogP contribution in [0.25, 0.3) is 0 Å². The molecule has 3 rings (SSSR count). The van der Waals surface area contributed by atoms with E-state index in [2.05, 4.69) is 5.32 Å². The molecule has 1 aliphatic heterocycles. The monoisotopic (exact) mass is 310 g/mol. The summed E-state index contributed by atoms with van der Waals surface area (Å²) in [6.45, 7) is 4.46. The predicted molar refractivity (Wildman–Crippen MR) is 89.1 cm³/mol. The Morgan fingerprint density at radius 3 is 2.83 bits per heavy atom. The van der Waals surface area contributed by atoms with Crippen LogP contribution in [-0.2, 0) is 4.79 Å². The zero-order chi connectivity index (χ0) is 16.4. The van der Waals surface area contributed by atoms with E-state index in [9.17, 15) is 9.59 Å². The van der Waals surface area contributed by atoms with Crippen LogP contribution in [0.4, 0.5) is 11.4 Å². The van der Waals surface area contributed by atoms with Crippen LogP contribution in [0.3, 0.4) is 0 Å². The lowest BCUT2D eigenvalue weighted by Crippen LogP contribution is -2.38. The highest BCUT2D eigenvalue weighted by Gasteiger charge is 2.24. The number of nitrogens with one attached hydrogen (secondary N) is 1. The van der Waals surface area contributed by atoms with Gasteiger partial charge in [0.25, 0.3) is 11.8 Å². The van der Waals surface area contributed by atoms with Crippen LogP contribution >= 0.6 is 0 Å². The number of aryl methyl sites for hydroxylation is 1. The number of anilines is 2. The Morgan fingerprint density at radius 2 is 2.09 bits per heavy atom. The molecule has 0 fully saturated rings. The molecule has 23 heavy (non-hydrogen) atoms. The first kappa shape index (κ1) is 15.1. The van der Waals surface area contributed by atoms with Gasteiger partial charge >= 0.3 is 0 Å². The molecule has 0 saturated carbocycles. The molecule has 0 bridgehead atoms. The second kappa shape index (κ2) is 6.12. The van der Waals surface area contributed by atoms with E-state index in [1.54, 1.807) is 29.2 Å². The molecule has 2 aromatic carbocycles. The first-order valence-electron chi connectivity index (χ1n) is 7.53. The molecule has 1 N–H and O–H groups in total. The highest BCUT2D eigenvalue weighted by atomic mass is 16.5. The third kappa shape index (κ3) is 3.04. The normalized spacial score (nSPS) is 13.3. The summed E-state index contributed by atoms with van der Waals surface area (Å²) in [6, 6.07) is 12.7. The maximum absolute atomic E-state index is 12.3. The minimum atomic E-state index is -0.181. The first-order valence-corrected chi connectivity index (χ1v) is 7.53. The van der Waals surface area contributed by atoms with Crippen LogP contribution in [0.5, 0.6) is 5.75 Å². The van der Waals surface area contributed by atoms with Gasteiger partial charge < -0.3 is 15.0 Å². The van der Waals surface area contributed by atoms with Crippen LogP contribution in [-0.4, -0.2) is 25.0 Å². The lowest BCUT2D eigenvalue weighted by molar-refractivity contribution is -0.121. The van der Waals surface area contributed by atoms with E-state index in [-0.39, 0.29) is 18.4 Å². The van der Waals surface area contributed by atoms with Gasteiger partial charge in [-0.05, 0) is 44.2 Å². The summed E-state index contributed by atoms with van der Waals surface area (Å²) in [5.74, 6) is 0.391. The van der Waals surface area contributed by atoms with Crippen LogP contribution in [0, 0.1) is 6.92 Å². The Hall–Kier alpha value is -2.82. The fraction of sp³-hybridized carbons (Fsp3) is 0.222. The maximum atomic E-state index is 12.3. The third-order valence-electron chi connectivity index (χ3n) is 3.76. The summed E-state index contributed by atoms with van der Waals surface area (Å²) in [7, 11) is 0. The van der Waals surface area contributed by atoms with Gasteiger partial charge in [-0.25, -0.2) is 0 Å². The average molecular weight is 310 g/mol. The van der Waals surface area contributed by atoms with Crippen molar-refractivity contribution in [2.24, 2.45) is 0 Å². The SMILES string of the molecule is CCN1C(=O)COc2ccc(NC(=O)c3cccc(C)c3)cc21. The molecule has 118 valence electrons. The number of hydrogen-bond donors (Lipinski definition) is 1. The standard InChI is InChI=1S/C18H18N2O3/c1-3-20-15-10-14(7-8-16(15)23-11-17(20)21)19-18(22)13-6-4-5-12(2)9-13/h4-10H,3,11H2,1-2H3,(H,19,22). The van der Waals surface area contributed by atoms with Gasteiger partial charge in [0.2, 0.25) is 0 Å². The first-order chi connectivity index (χ1) is 11.1. The van der Waals surface area contributed by atoms with Crippen LogP contribution in [0.1, 0.15) is 22.8 Å². The van der Waals surface area contributed by atoms with Crippen molar-refractivity contribution in [1.29, 1.82) is 0 Å². The molecule has 1 aliphatic rings. The number of carbonyl (C=O) groups is 2. The predicted octanol–water partition coefficient (Wildman–Crippen LogP) is 2.99. The minimum Gasteiger partial charge on any atom is -0.482 e. The summed E-state index contributed by atoms with van der Waals surface area (Å²) < 4.78 is 5.42. The van der Waals surface area contributed by atoms with Gasteiger partial charge in [-0.2, -0.15) is 0 Å². The Labute approximate surface area is 134 Å². The molecule has 0 spiro atoms. The fourth-order valence-corrected chi connectivity index (χ4v) is 2.62. The van der Waals surface area contributed by atoms with Crippen molar-refractivity contribution in [3.63, 3.8) is 0 Å². The molecule has 0 atom stereocenters.